The highest BCUT2D eigenvalue weighted by atomic mass is 16.3. The van der Waals surface area contributed by atoms with E-state index in [0.717, 1.165) is 19.4 Å². The zero-order valence-electron chi connectivity index (χ0n) is 11.9. The number of nitrogens with one attached hydrogen (secondary N) is 1. The summed E-state index contributed by atoms with van der Waals surface area (Å²) in [6.07, 6.45) is 1.98. The van der Waals surface area contributed by atoms with E-state index in [0.29, 0.717) is 17.9 Å². The molecule has 0 amide bonds. The Kier molecular flexibility index (Phi) is 6.99. The first kappa shape index (κ1) is 15.2. The molecule has 0 saturated heterocycles. The molecule has 0 aliphatic rings. The molecule has 0 aromatic heterocycles. The van der Waals surface area contributed by atoms with Gasteiger partial charge in [-0.2, -0.15) is 0 Å². The van der Waals surface area contributed by atoms with Gasteiger partial charge >= 0.3 is 0 Å². The average molecular weight is 249 g/mol. The Bertz CT molecular complexity index is 310. The van der Waals surface area contributed by atoms with E-state index in [4.69, 9.17) is 0 Å². The second-order valence-electron chi connectivity index (χ2n) is 5.29. The molecule has 1 aromatic carbocycles. The molecule has 0 bridgehead atoms. The van der Waals surface area contributed by atoms with Crippen molar-refractivity contribution >= 4 is 0 Å². The highest BCUT2D eigenvalue weighted by Crippen LogP contribution is 2.19. The Morgan fingerprint density at radius 2 is 1.83 bits per heavy atom. The van der Waals surface area contributed by atoms with Gasteiger partial charge in [-0.15, -0.1) is 0 Å². The number of hydrogen-bond donors (Lipinski definition) is 2. The van der Waals surface area contributed by atoms with Crippen molar-refractivity contribution in [1.29, 1.82) is 0 Å². The SMILES string of the molecule is CCC(NCC(CCO)c1ccccc1)C(C)C. The molecule has 102 valence electrons. The first-order valence-corrected chi connectivity index (χ1v) is 7.08. The fourth-order valence-corrected chi connectivity index (χ4v) is 2.41. The van der Waals surface area contributed by atoms with Crippen LogP contribution in [0.3, 0.4) is 0 Å². The fraction of sp³-hybridized carbons (Fsp3) is 0.625. The van der Waals surface area contributed by atoms with Crippen molar-refractivity contribution in [2.45, 2.75) is 45.6 Å². The van der Waals surface area contributed by atoms with Crippen LogP contribution in [0, 0.1) is 5.92 Å². The highest BCUT2D eigenvalue weighted by Gasteiger charge is 2.15. The van der Waals surface area contributed by atoms with Crippen molar-refractivity contribution in [3.63, 3.8) is 0 Å². The molecule has 0 radical (unpaired) electrons. The zero-order valence-corrected chi connectivity index (χ0v) is 11.9. The van der Waals surface area contributed by atoms with Gasteiger partial charge in [0.25, 0.3) is 0 Å². The van der Waals surface area contributed by atoms with E-state index >= 15 is 0 Å². The third kappa shape index (κ3) is 4.79. The van der Waals surface area contributed by atoms with E-state index in [1.54, 1.807) is 0 Å². The van der Waals surface area contributed by atoms with Gasteiger partial charge in [-0.3, -0.25) is 0 Å². The monoisotopic (exact) mass is 249 g/mol. The fourth-order valence-electron chi connectivity index (χ4n) is 2.41. The molecule has 0 heterocycles. The summed E-state index contributed by atoms with van der Waals surface area (Å²) < 4.78 is 0. The van der Waals surface area contributed by atoms with Gasteiger partial charge in [-0.25, -0.2) is 0 Å². The van der Waals surface area contributed by atoms with Crippen LogP contribution in [0.4, 0.5) is 0 Å². The number of hydrogen-bond acceptors (Lipinski definition) is 2. The maximum Gasteiger partial charge on any atom is 0.0437 e. The van der Waals surface area contributed by atoms with Crippen molar-refractivity contribution in [3.8, 4) is 0 Å². The minimum atomic E-state index is 0.250. The van der Waals surface area contributed by atoms with Gasteiger partial charge in [0.15, 0.2) is 0 Å². The van der Waals surface area contributed by atoms with Gasteiger partial charge in [0, 0.05) is 19.2 Å². The lowest BCUT2D eigenvalue weighted by molar-refractivity contribution is 0.268. The average Bonchev–Trinajstić information content (AvgIpc) is 2.39. The first-order chi connectivity index (χ1) is 8.69. The number of rotatable bonds is 8. The lowest BCUT2D eigenvalue weighted by Gasteiger charge is -2.24. The minimum absolute atomic E-state index is 0.250. The van der Waals surface area contributed by atoms with Crippen LogP contribution in [0.5, 0.6) is 0 Å². The largest absolute Gasteiger partial charge is 0.396 e. The summed E-state index contributed by atoms with van der Waals surface area (Å²) in [6.45, 7) is 7.93. The van der Waals surface area contributed by atoms with Crippen LogP contribution < -0.4 is 5.32 Å². The molecule has 0 aliphatic heterocycles. The Hall–Kier alpha value is -0.860. The van der Waals surface area contributed by atoms with Crippen molar-refractivity contribution in [2.24, 2.45) is 5.92 Å². The van der Waals surface area contributed by atoms with Gasteiger partial charge in [-0.05, 0) is 30.2 Å². The summed E-state index contributed by atoms with van der Waals surface area (Å²) in [7, 11) is 0. The lowest BCUT2D eigenvalue weighted by Crippen LogP contribution is -2.36. The number of aliphatic hydroxyl groups is 1. The van der Waals surface area contributed by atoms with Crippen LogP contribution in [0.15, 0.2) is 30.3 Å². The van der Waals surface area contributed by atoms with Crippen LogP contribution in [0.2, 0.25) is 0 Å². The van der Waals surface area contributed by atoms with E-state index < -0.39 is 0 Å². The molecule has 0 fully saturated rings. The second kappa shape index (κ2) is 8.28. The predicted octanol–water partition coefficient (Wildman–Crippen LogP) is 3.18. The van der Waals surface area contributed by atoms with E-state index in [1.807, 2.05) is 6.07 Å². The van der Waals surface area contributed by atoms with Gasteiger partial charge in [0.05, 0.1) is 0 Å². The number of aliphatic hydroxyl groups excluding tert-OH is 1. The summed E-state index contributed by atoms with van der Waals surface area (Å²) in [5, 5.41) is 12.8. The zero-order chi connectivity index (χ0) is 13.4. The molecule has 1 rings (SSSR count). The third-order valence-electron chi connectivity index (χ3n) is 3.62. The summed E-state index contributed by atoms with van der Waals surface area (Å²) in [5.74, 6) is 1.06. The number of benzene rings is 1. The summed E-state index contributed by atoms with van der Waals surface area (Å²) in [4.78, 5) is 0. The molecule has 1 aromatic rings. The standard InChI is InChI=1S/C16H27NO/c1-4-16(13(2)3)17-12-15(10-11-18)14-8-6-5-7-9-14/h5-9,13,15-18H,4,10-12H2,1-3H3. The van der Waals surface area contributed by atoms with Crippen LogP contribution in [0.1, 0.15) is 45.1 Å². The van der Waals surface area contributed by atoms with Gasteiger partial charge < -0.3 is 10.4 Å². The second-order valence-corrected chi connectivity index (χ2v) is 5.29. The van der Waals surface area contributed by atoms with Crippen molar-refractivity contribution in [1.82, 2.24) is 5.32 Å². The van der Waals surface area contributed by atoms with Crippen LogP contribution >= 0.6 is 0 Å². The Morgan fingerprint density at radius 3 is 2.33 bits per heavy atom. The van der Waals surface area contributed by atoms with Crippen LogP contribution in [-0.2, 0) is 0 Å². The molecular formula is C16H27NO. The molecule has 0 saturated carbocycles. The van der Waals surface area contributed by atoms with E-state index in [-0.39, 0.29) is 6.61 Å². The van der Waals surface area contributed by atoms with Crippen molar-refractivity contribution < 1.29 is 5.11 Å². The molecule has 18 heavy (non-hydrogen) atoms. The van der Waals surface area contributed by atoms with Gasteiger partial charge in [0.2, 0.25) is 0 Å². The van der Waals surface area contributed by atoms with Gasteiger partial charge in [0.1, 0.15) is 0 Å². The Balaban J connectivity index is 2.58. The molecule has 2 heteroatoms. The minimum Gasteiger partial charge on any atom is -0.396 e. The van der Waals surface area contributed by atoms with Gasteiger partial charge in [-0.1, -0.05) is 51.1 Å². The summed E-state index contributed by atoms with van der Waals surface area (Å²) >= 11 is 0. The normalized spacial score (nSPS) is 14.7. The topological polar surface area (TPSA) is 32.3 Å². The molecule has 0 aliphatic carbocycles. The Morgan fingerprint density at radius 1 is 1.17 bits per heavy atom. The maximum atomic E-state index is 9.20. The quantitative estimate of drug-likeness (QED) is 0.741. The Labute approximate surface area is 111 Å². The maximum absolute atomic E-state index is 9.20. The van der Waals surface area contributed by atoms with Crippen molar-refractivity contribution in [3.05, 3.63) is 35.9 Å². The molecule has 2 nitrogen and oxygen atoms in total. The van der Waals surface area contributed by atoms with E-state index in [2.05, 4.69) is 50.4 Å². The highest BCUT2D eigenvalue weighted by molar-refractivity contribution is 5.19. The summed E-state index contributed by atoms with van der Waals surface area (Å²) in [5.41, 5.74) is 1.32. The third-order valence-corrected chi connectivity index (χ3v) is 3.62. The lowest BCUT2D eigenvalue weighted by atomic mass is 9.94. The molecular weight excluding hydrogens is 222 g/mol. The molecule has 2 N–H and O–H groups in total. The molecule has 2 atom stereocenters. The molecule has 0 spiro atoms. The predicted molar refractivity (Wildman–Crippen MR) is 77.8 cm³/mol. The van der Waals surface area contributed by atoms with Crippen LogP contribution in [0.25, 0.3) is 0 Å². The van der Waals surface area contributed by atoms with Crippen molar-refractivity contribution in [2.75, 3.05) is 13.2 Å². The van der Waals surface area contributed by atoms with E-state index in [1.165, 1.54) is 5.56 Å². The summed E-state index contributed by atoms with van der Waals surface area (Å²) in [6, 6.07) is 11.0. The molecule has 2 unspecified atom stereocenters. The first-order valence-electron chi connectivity index (χ1n) is 7.08. The van der Waals surface area contributed by atoms with Crippen LogP contribution in [-0.4, -0.2) is 24.3 Å². The smallest absolute Gasteiger partial charge is 0.0437 e. The van der Waals surface area contributed by atoms with E-state index in [9.17, 15) is 5.11 Å².